The highest BCUT2D eigenvalue weighted by molar-refractivity contribution is 5.80. The Morgan fingerprint density at radius 2 is 1.76 bits per heavy atom. The van der Waals surface area contributed by atoms with E-state index in [0.717, 1.165) is 31.5 Å². The summed E-state index contributed by atoms with van der Waals surface area (Å²) in [6.07, 6.45) is 4.55. The molecule has 1 fully saturated rings. The van der Waals surface area contributed by atoms with E-state index in [9.17, 15) is 9.59 Å². The van der Waals surface area contributed by atoms with Crippen LogP contribution in [0.1, 0.15) is 24.8 Å². The lowest BCUT2D eigenvalue weighted by Gasteiger charge is -2.26. The van der Waals surface area contributed by atoms with Crippen molar-refractivity contribution in [1.82, 2.24) is 4.90 Å². The second-order valence-electron chi connectivity index (χ2n) is 7.23. The molecule has 0 atom stereocenters. The first-order chi connectivity index (χ1) is 14.1. The third kappa shape index (κ3) is 4.42. The van der Waals surface area contributed by atoms with Crippen LogP contribution in [-0.4, -0.2) is 30.5 Å². The van der Waals surface area contributed by atoms with Gasteiger partial charge in [-0.2, -0.15) is 0 Å². The Bertz CT molecular complexity index is 1060. The summed E-state index contributed by atoms with van der Waals surface area (Å²) in [5.74, 6) is 1.15. The van der Waals surface area contributed by atoms with Crippen LogP contribution in [0.25, 0.3) is 11.0 Å². The van der Waals surface area contributed by atoms with Crippen LogP contribution in [0.3, 0.4) is 0 Å². The molecule has 0 unspecified atom stereocenters. The number of hydrogen-bond acceptors (Lipinski definition) is 5. The van der Waals surface area contributed by atoms with E-state index in [4.69, 9.17) is 13.9 Å². The molecule has 4 rings (SSSR count). The molecule has 0 radical (unpaired) electrons. The van der Waals surface area contributed by atoms with Crippen LogP contribution in [0.5, 0.6) is 17.2 Å². The van der Waals surface area contributed by atoms with Gasteiger partial charge in [0.2, 0.25) is 11.2 Å². The van der Waals surface area contributed by atoms with E-state index in [-0.39, 0.29) is 23.7 Å². The molecule has 6 nitrogen and oxygen atoms in total. The molecule has 3 aromatic rings. The smallest absolute Gasteiger partial charge is 0.260 e. The number of fused-ring (bicyclic) bond motifs is 1. The van der Waals surface area contributed by atoms with Gasteiger partial charge in [0.05, 0.1) is 5.39 Å². The van der Waals surface area contributed by atoms with Crippen molar-refractivity contribution in [1.29, 1.82) is 0 Å². The van der Waals surface area contributed by atoms with Crippen molar-refractivity contribution in [2.75, 3.05) is 19.7 Å². The predicted octanol–water partition coefficient (Wildman–Crippen LogP) is 4.29. The molecular formula is C23H23NO5. The number of aryl methyl sites for hydroxylation is 1. The van der Waals surface area contributed by atoms with Crippen molar-refractivity contribution in [3.8, 4) is 17.2 Å². The van der Waals surface area contributed by atoms with Crippen LogP contribution in [-0.2, 0) is 4.79 Å². The molecular weight excluding hydrogens is 370 g/mol. The van der Waals surface area contributed by atoms with Crippen LogP contribution in [0, 0.1) is 6.92 Å². The zero-order valence-electron chi connectivity index (χ0n) is 16.3. The second kappa shape index (κ2) is 8.39. The Hall–Kier alpha value is -3.28. The molecule has 0 N–H and O–H groups in total. The van der Waals surface area contributed by atoms with E-state index in [0.29, 0.717) is 22.5 Å². The monoisotopic (exact) mass is 393 g/mol. The van der Waals surface area contributed by atoms with Crippen molar-refractivity contribution >= 4 is 16.9 Å². The van der Waals surface area contributed by atoms with Crippen LogP contribution < -0.4 is 14.9 Å². The number of carbonyl (C=O) groups excluding carboxylic acids is 1. The van der Waals surface area contributed by atoms with Gasteiger partial charge in [-0.3, -0.25) is 9.59 Å². The molecule has 1 aliphatic rings. The maximum absolute atomic E-state index is 12.7. The zero-order chi connectivity index (χ0) is 20.2. The third-order valence-corrected chi connectivity index (χ3v) is 5.03. The van der Waals surface area contributed by atoms with Gasteiger partial charge < -0.3 is 18.8 Å². The molecule has 1 aliphatic heterocycles. The summed E-state index contributed by atoms with van der Waals surface area (Å²) in [7, 11) is 0. The molecule has 0 saturated carbocycles. The van der Waals surface area contributed by atoms with Gasteiger partial charge in [0.1, 0.15) is 23.3 Å². The molecule has 0 aliphatic carbocycles. The number of nitrogens with zero attached hydrogens (tertiary/aromatic N) is 1. The predicted molar refractivity (Wildman–Crippen MR) is 110 cm³/mol. The largest absolute Gasteiger partial charge is 0.484 e. The summed E-state index contributed by atoms with van der Waals surface area (Å²) in [4.78, 5) is 26.8. The Morgan fingerprint density at radius 3 is 2.52 bits per heavy atom. The zero-order valence-corrected chi connectivity index (χ0v) is 16.3. The number of piperidine rings is 1. The fraction of sp³-hybridized carbons (Fsp3) is 0.304. The average Bonchev–Trinajstić information content (AvgIpc) is 2.76. The number of hydrogen-bond donors (Lipinski definition) is 0. The molecule has 2 aromatic carbocycles. The first-order valence-corrected chi connectivity index (χ1v) is 9.81. The minimum atomic E-state index is -0.261. The van der Waals surface area contributed by atoms with Gasteiger partial charge in [-0.05, 0) is 50.5 Å². The summed E-state index contributed by atoms with van der Waals surface area (Å²) < 4.78 is 16.9. The molecule has 1 amide bonds. The highest BCUT2D eigenvalue weighted by Gasteiger charge is 2.17. The minimum Gasteiger partial charge on any atom is -0.484 e. The molecule has 6 heteroatoms. The normalized spacial score (nSPS) is 14.0. The van der Waals surface area contributed by atoms with Gasteiger partial charge >= 0.3 is 0 Å². The fourth-order valence-corrected chi connectivity index (χ4v) is 3.36. The fourth-order valence-electron chi connectivity index (χ4n) is 3.36. The first-order valence-electron chi connectivity index (χ1n) is 9.81. The van der Waals surface area contributed by atoms with E-state index in [1.54, 1.807) is 30.3 Å². The molecule has 1 aromatic heterocycles. The second-order valence-corrected chi connectivity index (χ2v) is 7.23. The number of carbonyl (C=O) groups is 1. The summed E-state index contributed by atoms with van der Waals surface area (Å²) in [5.41, 5.74) is 1.23. The molecule has 0 bridgehead atoms. The maximum atomic E-state index is 12.7. The van der Waals surface area contributed by atoms with Gasteiger partial charge in [-0.15, -0.1) is 0 Å². The van der Waals surface area contributed by atoms with Crippen molar-refractivity contribution in [2.45, 2.75) is 26.2 Å². The SMILES string of the molecule is Cc1ccc(Oc2coc3cc(OCC(=O)N4CCCCC4)ccc3c2=O)cc1. The van der Waals surface area contributed by atoms with Crippen LogP contribution in [0.15, 0.2) is 57.9 Å². The van der Waals surface area contributed by atoms with Crippen molar-refractivity contribution < 1.29 is 18.7 Å². The summed E-state index contributed by atoms with van der Waals surface area (Å²) in [6, 6.07) is 12.3. The minimum absolute atomic E-state index is 0.0203. The summed E-state index contributed by atoms with van der Waals surface area (Å²) in [6.45, 7) is 3.54. The number of amides is 1. The number of likely N-dealkylation sites (tertiary alicyclic amines) is 1. The van der Waals surface area contributed by atoms with Gasteiger partial charge in [-0.25, -0.2) is 0 Å². The Kier molecular flexibility index (Phi) is 5.51. The van der Waals surface area contributed by atoms with Crippen molar-refractivity contribution in [2.24, 2.45) is 0 Å². The lowest BCUT2D eigenvalue weighted by molar-refractivity contribution is -0.134. The third-order valence-electron chi connectivity index (χ3n) is 5.03. The summed E-state index contributed by atoms with van der Waals surface area (Å²) >= 11 is 0. The molecule has 29 heavy (non-hydrogen) atoms. The van der Waals surface area contributed by atoms with Crippen molar-refractivity contribution in [3.05, 3.63) is 64.5 Å². The standard InChI is InChI=1S/C23H23NO5/c1-16-5-7-17(8-6-16)29-21-14-28-20-13-18(9-10-19(20)23(21)26)27-15-22(25)24-11-3-2-4-12-24/h5-10,13-14H,2-4,11-12,15H2,1H3. The lowest BCUT2D eigenvalue weighted by atomic mass is 10.1. The number of rotatable bonds is 5. The Morgan fingerprint density at radius 1 is 1.03 bits per heavy atom. The lowest BCUT2D eigenvalue weighted by Crippen LogP contribution is -2.38. The van der Waals surface area contributed by atoms with Crippen LogP contribution >= 0.6 is 0 Å². The van der Waals surface area contributed by atoms with Gasteiger partial charge in [0, 0.05) is 19.2 Å². The van der Waals surface area contributed by atoms with E-state index in [1.807, 2.05) is 24.0 Å². The van der Waals surface area contributed by atoms with Gasteiger partial charge in [-0.1, -0.05) is 17.7 Å². The molecule has 2 heterocycles. The summed E-state index contributed by atoms with van der Waals surface area (Å²) in [5, 5.41) is 0.393. The van der Waals surface area contributed by atoms with Gasteiger partial charge in [0.15, 0.2) is 6.61 Å². The molecule has 150 valence electrons. The Labute approximate surface area is 168 Å². The van der Waals surface area contributed by atoms with E-state index in [1.165, 1.54) is 12.7 Å². The number of benzene rings is 2. The van der Waals surface area contributed by atoms with Gasteiger partial charge in [0.25, 0.3) is 5.91 Å². The molecule has 0 spiro atoms. The topological polar surface area (TPSA) is 69.0 Å². The highest BCUT2D eigenvalue weighted by atomic mass is 16.5. The average molecular weight is 393 g/mol. The first kappa shape index (κ1) is 19.1. The Balaban J connectivity index is 1.47. The van der Waals surface area contributed by atoms with Crippen LogP contribution in [0.2, 0.25) is 0 Å². The quantitative estimate of drug-likeness (QED) is 0.647. The van der Waals surface area contributed by atoms with E-state index in [2.05, 4.69) is 0 Å². The van der Waals surface area contributed by atoms with Crippen LogP contribution in [0.4, 0.5) is 0 Å². The van der Waals surface area contributed by atoms with Crippen molar-refractivity contribution in [3.63, 3.8) is 0 Å². The molecule has 1 saturated heterocycles. The number of ether oxygens (including phenoxy) is 2. The maximum Gasteiger partial charge on any atom is 0.260 e. The van der Waals surface area contributed by atoms with E-state index >= 15 is 0 Å². The van der Waals surface area contributed by atoms with E-state index < -0.39 is 0 Å². The highest BCUT2D eigenvalue weighted by Crippen LogP contribution is 2.24.